The fourth-order valence-corrected chi connectivity index (χ4v) is 3.96. The summed E-state index contributed by atoms with van der Waals surface area (Å²) in [5.74, 6) is -0.519. The van der Waals surface area contributed by atoms with Crippen LogP contribution >= 0.6 is 0 Å². The summed E-state index contributed by atoms with van der Waals surface area (Å²) in [4.78, 5) is 32.7. The number of carbonyl (C=O) groups excluding carboxylic acids is 3. The Balaban J connectivity index is -0.000000592. The summed E-state index contributed by atoms with van der Waals surface area (Å²) in [7, 11) is 5.58. The monoisotopic (exact) mass is 718 g/mol. The third-order valence-corrected chi connectivity index (χ3v) is 6.33. The van der Waals surface area contributed by atoms with Crippen molar-refractivity contribution >= 4 is 34.2 Å². The van der Waals surface area contributed by atoms with Crippen molar-refractivity contribution < 1.29 is 39.5 Å². The van der Waals surface area contributed by atoms with Gasteiger partial charge >= 0.3 is 5.97 Å². The van der Waals surface area contributed by atoms with E-state index in [-0.39, 0.29) is 23.9 Å². The molecule has 0 heterocycles. The Bertz CT molecular complexity index is 1510. The van der Waals surface area contributed by atoms with E-state index in [1.807, 2.05) is 42.5 Å². The Labute approximate surface area is 309 Å². The van der Waals surface area contributed by atoms with E-state index in [9.17, 15) is 14.4 Å². The molecular formula is C42H58N2O8. The number of ether oxygens (including phenoxy) is 1. The molecule has 1 aliphatic carbocycles. The van der Waals surface area contributed by atoms with Crippen molar-refractivity contribution in [3.05, 3.63) is 151 Å². The summed E-state index contributed by atoms with van der Waals surface area (Å²) >= 11 is 0. The fraction of sp³-hybridized carbons (Fsp3) is 0.262. The molecule has 5 rings (SSSR count). The van der Waals surface area contributed by atoms with Crippen LogP contribution in [0.2, 0.25) is 0 Å². The van der Waals surface area contributed by atoms with Gasteiger partial charge in [-0.3, -0.25) is 9.59 Å². The highest BCUT2D eigenvalue weighted by atomic mass is 16.5. The largest absolute Gasteiger partial charge is 0.458 e. The van der Waals surface area contributed by atoms with Gasteiger partial charge in [0.2, 0.25) is 5.91 Å². The van der Waals surface area contributed by atoms with Crippen LogP contribution in [0.25, 0.3) is 10.8 Å². The molecule has 0 saturated carbocycles. The summed E-state index contributed by atoms with van der Waals surface area (Å²) in [6.45, 7) is 15.5. The second kappa shape index (κ2) is 32.8. The predicted molar refractivity (Wildman–Crippen MR) is 214 cm³/mol. The van der Waals surface area contributed by atoms with E-state index in [0.29, 0.717) is 16.7 Å². The van der Waals surface area contributed by atoms with Gasteiger partial charge in [-0.15, -0.1) is 0 Å². The number of para-hydroxylation sites is 1. The number of anilines is 1. The number of likely N-dealkylation sites (N-methyl/N-ethyl adjacent to an activating group) is 1. The number of fused-ring (bicyclic) bond motifs is 2. The average Bonchev–Trinajstić information content (AvgIpc) is 3.61. The highest BCUT2D eigenvalue weighted by Crippen LogP contribution is 2.24. The predicted octanol–water partition coefficient (Wildman–Crippen LogP) is 6.06. The van der Waals surface area contributed by atoms with E-state index in [1.165, 1.54) is 21.9 Å². The molecule has 0 bridgehead atoms. The quantitative estimate of drug-likeness (QED) is 0.107. The smallest absolute Gasteiger partial charge is 0.333 e. The summed E-state index contributed by atoms with van der Waals surface area (Å²) in [6, 6.07) is 34.2. The Morgan fingerprint density at radius 3 is 1.21 bits per heavy atom. The highest BCUT2D eigenvalue weighted by molar-refractivity contribution is 6.02. The molecule has 0 radical (unpaired) electrons. The molecule has 284 valence electrons. The van der Waals surface area contributed by atoms with E-state index >= 15 is 0 Å². The van der Waals surface area contributed by atoms with E-state index in [1.54, 1.807) is 27.8 Å². The van der Waals surface area contributed by atoms with Crippen molar-refractivity contribution in [3.8, 4) is 0 Å². The van der Waals surface area contributed by atoms with Gasteiger partial charge in [0.15, 0.2) is 0 Å². The molecule has 10 heteroatoms. The Kier molecular flexibility index (Phi) is 32.2. The Morgan fingerprint density at radius 2 is 0.904 bits per heavy atom. The number of hydrogen-bond acceptors (Lipinski definition) is 8. The van der Waals surface area contributed by atoms with Gasteiger partial charge in [-0.2, -0.15) is 0 Å². The third kappa shape index (κ3) is 22.4. The molecule has 0 saturated heterocycles. The zero-order valence-electron chi connectivity index (χ0n) is 31.8. The molecule has 6 N–H and O–H groups in total. The maximum atomic E-state index is 11.3. The topological polar surface area (TPSA) is 165 Å². The van der Waals surface area contributed by atoms with Gasteiger partial charge in [0.05, 0.1) is 0 Å². The Hall–Kier alpha value is -5.39. The highest BCUT2D eigenvalue weighted by Gasteiger charge is 2.24. The van der Waals surface area contributed by atoms with E-state index in [2.05, 4.69) is 91.0 Å². The lowest BCUT2D eigenvalue weighted by Crippen LogP contribution is -2.18. The third-order valence-electron chi connectivity index (χ3n) is 6.33. The maximum Gasteiger partial charge on any atom is 0.333 e. The van der Waals surface area contributed by atoms with Gasteiger partial charge in [-0.1, -0.05) is 111 Å². The zero-order chi connectivity index (χ0) is 40.5. The van der Waals surface area contributed by atoms with E-state index in [4.69, 9.17) is 25.2 Å². The van der Waals surface area contributed by atoms with Gasteiger partial charge < -0.3 is 35.8 Å². The Morgan fingerprint density at radius 1 is 0.558 bits per heavy atom. The van der Waals surface area contributed by atoms with Gasteiger partial charge in [0.1, 0.15) is 6.10 Å². The van der Waals surface area contributed by atoms with Crippen molar-refractivity contribution in [1.82, 2.24) is 5.32 Å². The van der Waals surface area contributed by atoms with Crippen molar-refractivity contribution in [3.63, 3.8) is 0 Å². The van der Waals surface area contributed by atoms with Gasteiger partial charge in [0, 0.05) is 70.7 Å². The first kappa shape index (κ1) is 51.0. The number of benzene rings is 4. The lowest BCUT2D eigenvalue weighted by atomic mass is 10.1. The van der Waals surface area contributed by atoms with Crippen LogP contribution in [0.5, 0.6) is 0 Å². The zero-order valence-corrected chi connectivity index (χ0v) is 31.8. The molecule has 0 unspecified atom stereocenters. The summed E-state index contributed by atoms with van der Waals surface area (Å²) in [5, 5.41) is 35.7. The van der Waals surface area contributed by atoms with Gasteiger partial charge in [-0.05, 0) is 54.8 Å². The van der Waals surface area contributed by atoms with Crippen molar-refractivity contribution in [2.45, 2.75) is 39.7 Å². The second-order valence-corrected chi connectivity index (χ2v) is 10.3. The summed E-state index contributed by atoms with van der Waals surface area (Å²) in [5.41, 5.74) is 4.90. The standard InChI is InChI=1S/C13H14O2.C10H11NO.C10H8.C5H9NO.4CH4O/c1-9(2)13(14)15-12-7-10-5-3-4-6-11(10)8-12;1-8(2)10(12)11-9-6-4-3-5-7-9;1-2-6-10-8-4-3-7-9(10)5-1;1-4(2)5(7)6-3;4*1-2/h3-6,12H,1,7-8H2,2H3;3-7H,1H2,2H3,(H,11,12);1-8H;1H2,2-3H3,(H,6,7);4*2H,1H3. The lowest BCUT2D eigenvalue weighted by Gasteiger charge is -2.10. The molecular weight excluding hydrogens is 660 g/mol. The molecule has 4 aromatic carbocycles. The van der Waals surface area contributed by atoms with Gasteiger partial charge in [-0.25, -0.2) is 4.79 Å². The minimum atomic E-state index is -0.284. The molecule has 52 heavy (non-hydrogen) atoms. The van der Waals surface area contributed by atoms with Crippen molar-refractivity contribution in [2.75, 3.05) is 40.8 Å². The maximum absolute atomic E-state index is 11.3. The summed E-state index contributed by atoms with van der Waals surface area (Å²) < 4.78 is 5.32. The van der Waals surface area contributed by atoms with E-state index < -0.39 is 0 Å². The lowest BCUT2D eigenvalue weighted by molar-refractivity contribution is -0.143. The second-order valence-electron chi connectivity index (χ2n) is 10.3. The SMILES string of the molecule is C=C(C)C(=O)NC.C=C(C)C(=O)Nc1ccccc1.C=C(C)C(=O)OC1Cc2ccccc2C1.CO.CO.CO.CO.c1ccc2ccccc2c1. The molecule has 0 spiro atoms. The first-order chi connectivity index (χ1) is 25.0. The molecule has 10 nitrogen and oxygen atoms in total. The van der Waals surface area contributed by atoms with Crippen LogP contribution in [-0.2, 0) is 32.0 Å². The number of rotatable bonds is 5. The molecule has 0 atom stereocenters. The molecule has 0 fully saturated rings. The summed E-state index contributed by atoms with van der Waals surface area (Å²) in [6.07, 6.45) is 1.65. The van der Waals surface area contributed by atoms with Crippen molar-refractivity contribution in [2.24, 2.45) is 0 Å². The minimum Gasteiger partial charge on any atom is -0.458 e. The molecule has 2 amide bonds. The van der Waals surface area contributed by atoms with Crippen LogP contribution < -0.4 is 10.6 Å². The van der Waals surface area contributed by atoms with Crippen LogP contribution in [-0.4, -0.2) is 79.8 Å². The number of aliphatic hydroxyl groups excluding tert-OH is 4. The fourth-order valence-electron chi connectivity index (χ4n) is 3.96. The van der Waals surface area contributed by atoms with Crippen LogP contribution in [0.1, 0.15) is 31.9 Å². The van der Waals surface area contributed by atoms with Crippen molar-refractivity contribution in [1.29, 1.82) is 0 Å². The van der Waals surface area contributed by atoms with Crippen LogP contribution in [0.4, 0.5) is 5.69 Å². The first-order valence-corrected chi connectivity index (χ1v) is 16.1. The average molecular weight is 719 g/mol. The number of esters is 1. The van der Waals surface area contributed by atoms with E-state index in [0.717, 1.165) is 47.0 Å². The molecule has 0 aromatic heterocycles. The van der Waals surface area contributed by atoms with Gasteiger partial charge in [0.25, 0.3) is 5.91 Å². The number of nitrogens with one attached hydrogen (secondary N) is 2. The number of aliphatic hydroxyl groups is 4. The van der Waals surface area contributed by atoms with Crippen LogP contribution in [0.3, 0.4) is 0 Å². The molecule has 4 aromatic rings. The number of amides is 2. The molecule has 0 aliphatic heterocycles. The minimum absolute atomic E-state index is 0.00778. The number of carbonyl (C=O) groups is 3. The van der Waals surface area contributed by atoms with Crippen LogP contribution in [0.15, 0.2) is 140 Å². The first-order valence-electron chi connectivity index (χ1n) is 16.1. The molecule has 1 aliphatic rings. The van der Waals surface area contributed by atoms with Crippen LogP contribution in [0, 0.1) is 0 Å². The normalized spacial score (nSPS) is 9.77. The number of hydrogen-bond donors (Lipinski definition) is 6.